The smallest absolute Gasteiger partial charge is 0.173 e. The summed E-state index contributed by atoms with van der Waals surface area (Å²) in [7, 11) is 1.93. The van der Waals surface area contributed by atoms with Gasteiger partial charge in [0, 0.05) is 17.9 Å². The van der Waals surface area contributed by atoms with Crippen molar-refractivity contribution in [1.82, 2.24) is 5.32 Å². The Morgan fingerprint density at radius 2 is 2.18 bits per heavy atom. The summed E-state index contributed by atoms with van der Waals surface area (Å²) in [6.07, 6.45) is 0.864. The van der Waals surface area contributed by atoms with E-state index in [-0.39, 0.29) is 17.3 Å². The first-order chi connectivity index (χ1) is 7.96. The van der Waals surface area contributed by atoms with Crippen molar-refractivity contribution in [3.8, 4) is 5.75 Å². The Morgan fingerprint density at radius 1 is 1.47 bits per heavy atom. The van der Waals surface area contributed by atoms with E-state index < -0.39 is 5.82 Å². The van der Waals surface area contributed by atoms with Crippen LogP contribution in [0.2, 0.25) is 5.02 Å². The fourth-order valence-corrected chi connectivity index (χ4v) is 2.52. The van der Waals surface area contributed by atoms with Crippen LogP contribution in [0.25, 0.3) is 0 Å². The molecule has 0 aliphatic heterocycles. The summed E-state index contributed by atoms with van der Waals surface area (Å²) in [6, 6.07) is 4.98. The van der Waals surface area contributed by atoms with Crippen LogP contribution in [-0.4, -0.2) is 19.2 Å². The molecule has 17 heavy (non-hydrogen) atoms. The van der Waals surface area contributed by atoms with Gasteiger partial charge in [-0.3, -0.25) is 0 Å². The van der Waals surface area contributed by atoms with Crippen LogP contribution in [0.1, 0.15) is 20.3 Å². The van der Waals surface area contributed by atoms with Crippen molar-refractivity contribution in [2.75, 3.05) is 7.05 Å². The summed E-state index contributed by atoms with van der Waals surface area (Å²) in [5.74, 6) is -0.233. The third-order valence-electron chi connectivity index (χ3n) is 3.71. The van der Waals surface area contributed by atoms with Crippen LogP contribution in [0, 0.1) is 11.2 Å². The average Bonchev–Trinajstić information content (AvgIpc) is 2.26. The molecule has 0 heterocycles. The predicted octanol–water partition coefficient (Wildman–Crippen LogP) is 3.24. The molecule has 0 aromatic heterocycles. The molecule has 1 aromatic carbocycles. The highest BCUT2D eigenvalue weighted by atomic mass is 35.5. The third kappa shape index (κ3) is 2.14. The van der Waals surface area contributed by atoms with Crippen LogP contribution < -0.4 is 10.1 Å². The minimum absolute atomic E-state index is 0.00523. The third-order valence-corrected chi connectivity index (χ3v) is 4.00. The number of ether oxygens (including phenoxy) is 1. The van der Waals surface area contributed by atoms with E-state index in [0.717, 1.165) is 6.42 Å². The highest BCUT2D eigenvalue weighted by Crippen LogP contribution is 2.44. The molecular weight excluding hydrogens is 241 g/mol. The van der Waals surface area contributed by atoms with Gasteiger partial charge in [0.05, 0.1) is 5.02 Å². The van der Waals surface area contributed by atoms with Crippen LogP contribution in [0.4, 0.5) is 4.39 Å². The summed E-state index contributed by atoms with van der Waals surface area (Å²) in [6.45, 7) is 4.22. The lowest BCUT2D eigenvalue weighted by molar-refractivity contribution is -0.0537. The lowest BCUT2D eigenvalue weighted by Gasteiger charge is -2.51. The standard InChI is InChI=1S/C13H17ClFNO/c1-13(2)10(16-3)7-11(13)17-12-8(14)5-4-6-9(12)15/h4-6,10-11,16H,7H2,1-3H3. The van der Waals surface area contributed by atoms with Gasteiger partial charge in [-0.2, -0.15) is 0 Å². The van der Waals surface area contributed by atoms with E-state index in [0.29, 0.717) is 11.1 Å². The van der Waals surface area contributed by atoms with Gasteiger partial charge in [0.25, 0.3) is 0 Å². The molecule has 1 fully saturated rings. The number of halogens is 2. The number of hydrogen-bond acceptors (Lipinski definition) is 2. The SMILES string of the molecule is CNC1CC(Oc2c(F)cccc2Cl)C1(C)C. The first kappa shape index (κ1) is 12.7. The molecule has 4 heteroatoms. The van der Waals surface area contributed by atoms with Crippen LogP contribution in [0.5, 0.6) is 5.75 Å². The van der Waals surface area contributed by atoms with Crippen LogP contribution >= 0.6 is 11.6 Å². The molecule has 2 unspecified atom stereocenters. The molecule has 0 amide bonds. The van der Waals surface area contributed by atoms with Gasteiger partial charge in [-0.1, -0.05) is 31.5 Å². The van der Waals surface area contributed by atoms with Gasteiger partial charge in [-0.05, 0) is 19.2 Å². The molecule has 0 radical (unpaired) electrons. The van der Waals surface area contributed by atoms with Gasteiger partial charge >= 0.3 is 0 Å². The number of benzene rings is 1. The van der Waals surface area contributed by atoms with Gasteiger partial charge in [0.1, 0.15) is 6.10 Å². The Balaban J connectivity index is 2.13. The summed E-state index contributed by atoms with van der Waals surface area (Å²) >= 11 is 5.94. The van der Waals surface area contributed by atoms with Crippen molar-refractivity contribution in [2.45, 2.75) is 32.4 Å². The molecule has 1 N–H and O–H groups in total. The fraction of sp³-hybridized carbons (Fsp3) is 0.538. The van der Waals surface area contributed by atoms with E-state index in [2.05, 4.69) is 19.2 Å². The van der Waals surface area contributed by atoms with E-state index in [1.54, 1.807) is 12.1 Å². The van der Waals surface area contributed by atoms with Gasteiger partial charge in [-0.25, -0.2) is 4.39 Å². The first-order valence-electron chi connectivity index (χ1n) is 5.74. The molecule has 1 aliphatic rings. The molecular formula is C13H17ClFNO. The first-order valence-corrected chi connectivity index (χ1v) is 6.12. The molecule has 1 aliphatic carbocycles. The summed E-state index contributed by atoms with van der Waals surface area (Å²) < 4.78 is 19.3. The average molecular weight is 258 g/mol. The second-order valence-corrected chi connectivity index (χ2v) is 5.46. The number of hydrogen-bond donors (Lipinski definition) is 1. The molecule has 0 spiro atoms. The highest BCUT2D eigenvalue weighted by Gasteiger charge is 2.49. The summed E-state index contributed by atoms with van der Waals surface area (Å²) in [5, 5.41) is 3.56. The fourth-order valence-electron chi connectivity index (χ4n) is 2.31. The van der Waals surface area contributed by atoms with Crippen molar-refractivity contribution in [3.05, 3.63) is 29.0 Å². The maximum Gasteiger partial charge on any atom is 0.173 e. The normalized spacial score (nSPS) is 26.4. The molecule has 0 bridgehead atoms. The minimum Gasteiger partial charge on any atom is -0.485 e. The van der Waals surface area contributed by atoms with E-state index in [1.807, 2.05) is 7.05 Å². The van der Waals surface area contributed by atoms with Crippen molar-refractivity contribution < 1.29 is 9.13 Å². The zero-order chi connectivity index (χ0) is 12.6. The zero-order valence-electron chi connectivity index (χ0n) is 10.3. The van der Waals surface area contributed by atoms with Gasteiger partial charge in [0.15, 0.2) is 11.6 Å². The lowest BCUT2D eigenvalue weighted by atomic mass is 9.64. The summed E-state index contributed by atoms with van der Waals surface area (Å²) in [4.78, 5) is 0. The van der Waals surface area contributed by atoms with Crippen LogP contribution in [0.3, 0.4) is 0 Å². The van der Waals surface area contributed by atoms with Crippen LogP contribution in [0.15, 0.2) is 18.2 Å². The predicted molar refractivity (Wildman–Crippen MR) is 67.1 cm³/mol. The van der Waals surface area contributed by atoms with Gasteiger partial charge in [-0.15, -0.1) is 0 Å². The molecule has 94 valence electrons. The maximum absolute atomic E-state index is 13.6. The molecule has 2 nitrogen and oxygen atoms in total. The van der Waals surface area contributed by atoms with Gasteiger partial charge < -0.3 is 10.1 Å². The Morgan fingerprint density at radius 3 is 2.71 bits per heavy atom. The zero-order valence-corrected chi connectivity index (χ0v) is 11.0. The second kappa shape index (κ2) is 4.46. The number of nitrogens with one attached hydrogen (secondary N) is 1. The number of para-hydroxylation sites is 1. The van der Waals surface area contributed by atoms with Crippen molar-refractivity contribution >= 4 is 11.6 Å². The molecule has 2 rings (SSSR count). The second-order valence-electron chi connectivity index (χ2n) is 5.06. The van der Waals surface area contributed by atoms with E-state index in [9.17, 15) is 4.39 Å². The van der Waals surface area contributed by atoms with E-state index >= 15 is 0 Å². The number of rotatable bonds is 3. The Labute approximate surface area is 106 Å². The maximum atomic E-state index is 13.6. The molecule has 1 aromatic rings. The van der Waals surface area contributed by atoms with Gasteiger partial charge in [0.2, 0.25) is 0 Å². The van der Waals surface area contributed by atoms with Crippen molar-refractivity contribution in [2.24, 2.45) is 5.41 Å². The monoisotopic (exact) mass is 257 g/mol. The van der Waals surface area contributed by atoms with E-state index in [1.165, 1.54) is 6.07 Å². The largest absolute Gasteiger partial charge is 0.485 e. The highest BCUT2D eigenvalue weighted by molar-refractivity contribution is 6.32. The Hall–Kier alpha value is -0.800. The molecule has 2 atom stereocenters. The topological polar surface area (TPSA) is 21.3 Å². The van der Waals surface area contributed by atoms with Crippen LogP contribution in [-0.2, 0) is 0 Å². The van der Waals surface area contributed by atoms with E-state index in [4.69, 9.17) is 16.3 Å². The Bertz CT molecular complexity index is 402. The van der Waals surface area contributed by atoms with Crippen molar-refractivity contribution in [1.29, 1.82) is 0 Å². The lowest BCUT2D eigenvalue weighted by Crippen LogP contribution is -2.61. The quantitative estimate of drug-likeness (QED) is 0.898. The molecule has 1 saturated carbocycles. The summed E-state index contributed by atoms with van der Waals surface area (Å²) in [5.41, 5.74) is -0.0135. The molecule has 0 saturated heterocycles. The Kier molecular flexibility index (Phi) is 3.32. The minimum atomic E-state index is -0.402. The van der Waals surface area contributed by atoms with Crippen molar-refractivity contribution in [3.63, 3.8) is 0 Å².